The lowest BCUT2D eigenvalue weighted by atomic mass is 10.1. The van der Waals surface area contributed by atoms with Crippen LogP contribution in [-0.4, -0.2) is 13.1 Å². The van der Waals surface area contributed by atoms with Gasteiger partial charge in [0.1, 0.15) is 11.6 Å². The summed E-state index contributed by atoms with van der Waals surface area (Å²) in [5.41, 5.74) is 5.95. The molecule has 1 aliphatic carbocycles. The van der Waals surface area contributed by atoms with E-state index in [1.807, 2.05) is 0 Å². The molecule has 1 aromatic carbocycles. The molecule has 1 unspecified atom stereocenters. The molecule has 4 heteroatoms. The fourth-order valence-corrected chi connectivity index (χ4v) is 2.18. The Balaban J connectivity index is 1.87. The van der Waals surface area contributed by atoms with Gasteiger partial charge in [-0.1, -0.05) is 12.8 Å². The Hall–Kier alpha value is -1.00. The van der Waals surface area contributed by atoms with E-state index in [2.05, 4.69) is 5.32 Å². The van der Waals surface area contributed by atoms with Crippen molar-refractivity contribution >= 4 is 0 Å². The van der Waals surface area contributed by atoms with E-state index in [0.29, 0.717) is 5.56 Å². The number of rotatable bonds is 7. The fourth-order valence-electron chi connectivity index (χ4n) is 2.18. The molecule has 1 fully saturated rings. The van der Waals surface area contributed by atoms with E-state index in [1.54, 1.807) is 0 Å². The summed E-state index contributed by atoms with van der Waals surface area (Å²) in [6, 6.07) is 3.19. The smallest absolute Gasteiger partial charge is 0.128 e. The van der Waals surface area contributed by atoms with Crippen molar-refractivity contribution in [3.63, 3.8) is 0 Å². The first-order valence-electron chi connectivity index (χ1n) is 6.59. The Bertz CT molecular complexity index is 391. The molecule has 100 valence electrons. The lowest BCUT2D eigenvalue weighted by Crippen LogP contribution is -2.30. The summed E-state index contributed by atoms with van der Waals surface area (Å²) in [6.07, 6.45) is 4.98. The zero-order valence-corrected chi connectivity index (χ0v) is 10.5. The van der Waals surface area contributed by atoms with Gasteiger partial charge in [0.2, 0.25) is 0 Å². The van der Waals surface area contributed by atoms with Crippen LogP contribution in [-0.2, 0) is 0 Å². The van der Waals surface area contributed by atoms with Crippen molar-refractivity contribution in [3.05, 3.63) is 35.4 Å². The second kappa shape index (κ2) is 6.25. The third kappa shape index (κ3) is 3.75. The van der Waals surface area contributed by atoms with E-state index in [1.165, 1.54) is 25.3 Å². The van der Waals surface area contributed by atoms with E-state index in [-0.39, 0.29) is 12.6 Å². The van der Waals surface area contributed by atoms with Gasteiger partial charge in [-0.05, 0) is 43.5 Å². The van der Waals surface area contributed by atoms with Crippen LogP contribution in [0.15, 0.2) is 18.2 Å². The Morgan fingerprint density at radius 2 is 2.11 bits per heavy atom. The molecular formula is C14H20F2N2. The minimum absolute atomic E-state index is 0.268. The average Bonchev–Trinajstić information content (AvgIpc) is 3.17. The third-order valence-electron chi connectivity index (χ3n) is 3.45. The summed E-state index contributed by atoms with van der Waals surface area (Å²) >= 11 is 0. The van der Waals surface area contributed by atoms with Crippen molar-refractivity contribution in [2.24, 2.45) is 11.7 Å². The number of halogens is 2. The number of nitrogens with one attached hydrogen (secondary N) is 1. The Labute approximate surface area is 107 Å². The maximum absolute atomic E-state index is 13.6. The van der Waals surface area contributed by atoms with Crippen LogP contribution in [0.1, 0.15) is 37.3 Å². The van der Waals surface area contributed by atoms with Gasteiger partial charge in [-0.15, -0.1) is 0 Å². The van der Waals surface area contributed by atoms with Crippen LogP contribution in [0.5, 0.6) is 0 Å². The van der Waals surface area contributed by atoms with Crippen LogP contribution in [0.25, 0.3) is 0 Å². The molecule has 3 N–H and O–H groups in total. The molecule has 2 nitrogen and oxygen atoms in total. The van der Waals surface area contributed by atoms with Crippen LogP contribution in [0.3, 0.4) is 0 Å². The van der Waals surface area contributed by atoms with E-state index in [4.69, 9.17) is 5.73 Å². The van der Waals surface area contributed by atoms with Crippen molar-refractivity contribution in [3.8, 4) is 0 Å². The summed E-state index contributed by atoms with van der Waals surface area (Å²) in [4.78, 5) is 0. The lowest BCUT2D eigenvalue weighted by molar-refractivity contribution is 0.483. The first-order valence-corrected chi connectivity index (χ1v) is 6.59. The molecule has 0 spiro atoms. The molecule has 2 rings (SSSR count). The lowest BCUT2D eigenvalue weighted by Gasteiger charge is -2.18. The van der Waals surface area contributed by atoms with Crippen molar-refractivity contribution in [2.75, 3.05) is 13.1 Å². The predicted molar refractivity (Wildman–Crippen MR) is 68.1 cm³/mol. The van der Waals surface area contributed by atoms with Gasteiger partial charge < -0.3 is 11.1 Å². The molecular weight excluding hydrogens is 234 g/mol. The second-order valence-corrected chi connectivity index (χ2v) is 4.99. The highest BCUT2D eigenvalue weighted by Crippen LogP contribution is 2.33. The molecule has 18 heavy (non-hydrogen) atoms. The Morgan fingerprint density at radius 3 is 2.78 bits per heavy atom. The maximum atomic E-state index is 13.6. The number of hydrogen-bond acceptors (Lipinski definition) is 2. The molecule has 1 aromatic rings. The molecule has 0 heterocycles. The van der Waals surface area contributed by atoms with E-state index in [9.17, 15) is 8.78 Å². The van der Waals surface area contributed by atoms with Gasteiger partial charge in [0.25, 0.3) is 0 Å². The van der Waals surface area contributed by atoms with Crippen LogP contribution >= 0.6 is 0 Å². The van der Waals surface area contributed by atoms with Gasteiger partial charge in [0, 0.05) is 18.2 Å². The van der Waals surface area contributed by atoms with Crippen molar-refractivity contribution in [1.29, 1.82) is 0 Å². The summed E-state index contributed by atoms with van der Waals surface area (Å²) in [5, 5.41) is 3.21. The van der Waals surface area contributed by atoms with Crippen LogP contribution in [0.4, 0.5) is 8.78 Å². The molecule has 1 saturated carbocycles. The predicted octanol–water partition coefficient (Wildman–Crippen LogP) is 2.74. The molecule has 1 aliphatic rings. The van der Waals surface area contributed by atoms with Gasteiger partial charge >= 0.3 is 0 Å². The van der Waals surface area contributed by atoms with Crippen molar-refractivity contribution < 1.29 is 8.78 Å². The highest BCUT2D eigenvalue weighted by molar-refractivity contribution is 5.22. The molecule has 0 amide bonds. The zero-order valence-electron chi connectivity index (χ0n) is 10.5. The van der Waals surface area contributed by atoms with Gasteiger partial charge in [-0.25, -0.2) is 8.78 Å². The maximum Gasteiger partial charge on any atom is 0.128 e. The standard InChI is InChI=1S/C14H20F2N2/c15-11-5-6-13(16)12(8-11)14(9-17)18-7-1-2-10-3-4-10/h5-6,8,10,14,18H,1-4,7,9,17H2. The summed E-state index contributed by atoms with van der Waals surface area (Å²) < 4.78 is 26.7. The SMILES string of the molecule is NCC(NCCCC1CC1)c1cc(F)ccc1F. The first-order chi connectivity index (χ1) is 8.70. The zero-order chi connectivity index (χ0) is 13.0. The highest BCUT2D eigenvalue weighted by Gasteiger charge is 2.20. The van der Waals surface area contributed by atoms with Gasteiger partial charge in [0.05, 0.1) is 0 Å². The Kier molecular flexibility index (Phi) is 4.66. The molecule has 0 radical (unpaired) electrons. The minimum Gasteiger partial charge on any atom is -0.329 e. The normalized spacial score (nSPS) is 16.8. The van der Waals surface area contributed by atoms with E-state index in [0.717, 1.165) is 31.0 Å². The van der Waals surface area contributed by atoms with Crippen molar-refractivity contribution in [2.45, 2.75) is 31.7 Å². The van der Waals surface area contributed by atoms with Crippen LogP contribution < -0.4 is 11.1 Å². The average molecular weight is 254 g/mol. The minimum atomic E-state index is -0.426. The topological polar surface area (TPSA) is 38.0 Å². The van der Waals surface area contributed by atoms with Crippen LogP contribution in [0, 0.1) is 17.6 Å². The molecule has 0 aliphatic heterocycles. The summed E-state index contributed by atoms with van der Waals surface area (Å²) in [5.74, 6) is 0.0696. The highest BCUT2D eigenvalue weighted by atomic mass is 19.1. The number of nitrogens with two attached hydrogens (primary N) is 1. The molecule has 0 saturated heterocycles. The fraction of sp³-hybridized carbons (Fsp3) is 0.571. The van der Waals surface area contributed by atoms with Crippen molar-refractivity contribution in [1.82, 2.24) is 5.32 Å². The molecule has 0 aromatic heterocycles. The second-order valence-electron chi connectivity index (χ2n) is 4.99. The van der Waals surface area contributed by atoms with E-state index < -0.39 is 11.6 Å². The largest absolute Gasteiger partial charge is 0.329 e. The monoisotopic (exact) mass is 254 g/mol. The Morgan fingerprint density at radius 1 is 1.33 bits per heavy atom. The quantitative estimate of drug-likeness (QED) is 0.734. The van der Waals surface area contributed by atoms with Crippen LogP contribution in [0.2, 0.25) is 0 Å². The van der Waals surface area contributed by atoms with Gasteiger partial charge in [-0.3, -0.25) is 0 Å². The molecule has 1 atom stereocenters. The number of benzene rings is 1. The number of hydrogen-bond donors (Lipinski definition) is 2. The summed E-state index contributed by atoms with van der Waals surface area (Å²) in [7, 11) is 0. The molecule has 0 bridgehead atoms. The van der Waals surface area contributed by atoms with Gasteiger partial charge in [-0.2, -0.15) is 0 Å². The van der Waals surface area contributed by atoms with E-state index >= 15 is 0 Å². The third-order valence-corrected chi connectivity index (χ3v) is 3.45. The van der Waals surface area contributed by atoms with Gasteiger partial charge in [0.15, 0.2) is 0 Å². The summed E-state index contributed by atoms with van der Waals surface area (Å²) in [6.45, 7) is 1.07. The first kappa shape index (κ1) is 13.4.